The third-order valence-corrected chi connectivity index (χ3v) is 0. The van der Waals surface area contributed by atoms with Gasteiger partial charge in [0.1, 0.15) is 0 Å². The van der Waals surface area contributed by atoms with Crippen molar-refractivity contribution < 1.29 is 73.1 Å². The molecule has 84 valence electrons. The molecule has 0 rings (SSSR count). The van der Waals surface area contributed by atoms with Gasteiger partial charge in [0, 0.05) is 6.61 Å². The number of hydrogen-bond donors (Lipinski definition) is 1. The maximum absolute atomic E-state index is 7.57. The van der Waals surface area contributed by atoms with E-state index in [9.17, 15) is 0 Å². The van der Waals surface area contributed by atoms with Crippen molar-refractivity contribution in [2.24, 2.45) is 0 Å². The third kappa shape index (κ3) is 581. The molecule has 0 heterocycles. The van der Waals surface area contributed by atoms with Gasteiger partial charge >= 0.3 is 41.3 Å². The first kappa shape index (κ1) is 85.0. The molecule has 0 aromatic heterocycles. The second-order valence-corrected chi connectivity index (χ2v) is 0.316. The van der Waals surface area contributed by atoms with Crippen LogP contribution in [0.3, 0.4) is 0 Å². The minimum absolute atomic E-state index is 0. The van der Waals surface area contributed by atoms with Crippen molar-refractivity contribution >= 4 is 6.22 Å². The van der Waals surface area contributed by atoms with Gasteiger partial charge in [-0.05, 0) is 6.92 Å². The van der Waals surface area contributed by atoms with Gasteiger partial charge in [-0.15, -0.1) is 0 Å². The number of aliphatic hydroxyl groups excluding tert-OH is 1. The van der Waals surface area contributed by atoms with E-state index in [-0.39, 0.29) is 39.5 Å². The number of rotatable bonds is 0. The molecule has 0 bridgehead atoms. The summed E-state index contributed by atoms with van der Waals surface area (Å²) in [5.74, 6) is 0. The Morgan fingerprint density at radius 1 is 0.909 bits per heavy atom. The second kappa shape index (κ2) is 227. The van der Waals surface area contributed by atoms with E-state index in [2.05, 4.69) is 6.22 Å². The van der Waals surface area contributed by atoms with Gasteiger partial charge in [0.05, 0.1) is 0 Å². The molecule has 0 radical (unpaired) electrons. The Kier molecular flexibility index (Phi) is 1760. The van der Waals surface area contributed by atoms with Crippen molar-refractivity contribution in [1.82, 2.24) is 0 Å². The average molecular weight is 349 g/mol. The summed E-state index contributed by atoms with van der Waals surface area (Å²) in [5.41, 5.74) is 0. The Bertz CT molecular complexity index is 16.4. The fourth-order valence-corrected chi connectivity index (χ4v) is 0. The summed E-state index contributed by atoms with van der Waals surface area (Å²) in [5, 5.41) is 7.57. The molecule has 0 aromatic rings. The van der Waals surface area contributed by atoms with Crippen LogP contribution in [-0.2, 0) is 0 Å². The van der Waals surface area contributed by atoms with E-state index < -0.39 is 0 Å². The Hall–Kier alpha value is 1.30. The minimum atomic E-state index is 0. The van der Waals surface area contributed by atoms with Crippen molar-refractivity contribution in [3.8, 4) is 0 Å². The van der Waals surface area contributed by atoms with Gasteiger partial charge in [0.2, 0.25) is 0 Å². The van der Waals surface area contributed by atoms with Crippen LogP contribution in [0.15, 0.2) is 0 Å². The van der Waals surface area contributed by atoms with Crippen LogP contribution in [0.1, 0.15) is 6.92 Å². The van der Waals surface area contributed by atoms with E-state index in [0.29, 0.717) is 0 Å². The van der Waals surface area contributed by atoms with Gasteiger partial charge in [-0.25, -0.2) is 0 Å². The van der Waals surface area contributed by atoms with Gasteiger partial charge in [-0.1, -0.05) is 0 Å². The molecule has 13 N–H and O–H groups in total. The molecule has 0 aliphatic rings. The van der Waals surface area contributed by atoms with Crippen LogP contribution in [0.4, 0.5) is 0 Å². The van der Waals surface area contributed by atoms with Crippen molar-refractivity contribution in [2.45, 2.75) is 6.92 Å². The standard InChI is InChI=1S/C2H6O.ClH.6H2O.Tb/c1-2-3;;;;;;;;/h3H,2H2,1H3;1H;6*1H2;/q;;;;;;;;+1/p-1. The molecule has 0 spiro atoms. The van der Waals surface area contributed by atoms with Crippen LogP contribution in [0.5, 0.6) is 0 Å². The Labute approximate surface area is 92.2 Å². The van der Waals surface area contributed by atoms with E-state index in [1.807, 2.05) is 0 Å². The normalized spacial score (nSPS) is 2.27. The molecule has 0 aliphatic heterocycles. The maximum atomic E-state index is 7.57. The zero-order chi connectivity index (χ0) is 4.71. The Morgan fingerprint density at radius 3 is 0.909 bits per heavy atom. The molecular formula is C2H18ClO7Tb. The molecule has 0 aromatic carbocycles. The first-order valence-electron chi connectivity index (χ1n) is 1.15. The molecule has 0 saturated heterocycles. The van der Waals surface area contributed by atoms with Gasteiger partial charge in [-0.3, -0.25) is 0 Å². The molecule has 9 heteroatoms. The fraction of sp³-hybridized carbons (Fsp3) is 1.00. The first-order chi connectivity index (χ1) is 2.41. The van der Waals surface area contributed by atoms with Crippen LogP contribution < -0.4 is 0 Å². The first-order valence-corrected chi connectivity index (χ1v) is 3.83. The SMILES string of the molecule is CCO.O.O.O.O.O.O.[Cl][Tb]. The molecule has 0 aliphatic carbocycles. The van der Waals surface area contributed by atoms with E-state index in [1.165, 1.54) is 35.1 Å². The average Bonchev–Trinajstić information content (AvgIpc) is 1.46. The number of aliphatic hydroxyl groups is 1. The van der Waals surface area contributed by atoms with Crippen molar-refractivity contribution in [3.63, 3.8) is 0 Å². The topological polar surface area (TPSA) is 209 Å². The molecule has 0 atom stereocenters. The van der Waals surface area contributed by atoms with E-state index in [4.69, 9.17) is 5.11 Å². The predicted molar refractivity (Wildman–Crippen MR) is 40.3 cm³/mol. The van der Waals surface area contributed by atoms with Gasteiger partial charge in [0.25, 0.3) is 0 Å². The Morgan fingerprint density at radius 2 is 0.909 bits per heavy atom. The monoisotopic (exact) mass is 348 g/mol. The van der Waals surface area contributed by atoms with Gasteiger partial charge < -0.3 is 38.0 Å². The zero-order valence-corrected chi connectivity index (χ0v) is 8.76. The Balaban J connectivity index is -0.00000000181. The quantitative estimate of drug-likeness (QED) is 0.452. The van der Waals surface area contributed by atoms with Crippen LogP contribution in [0.25, 0.3) is 0 Å². The van der Waals surface area contributed by atoms with Crippen molar-refractivity contribution in [3.05, 3.63) is 0 Å². The van der Waals surface area contributed by atoms with Crippen LogP contribution >= 0.6 is 6.22 Å². The second-order valence-electron chi connectivity index (χ2n) is 0.316. The summed E-state index contributed by atoms with van der Waals surface area (Å²) in [6.07, 6.45) is 4.64. The summed E-state index contributed by atoms with van der Waals surface area (Å²) >= 11 is 1.47. The molecular weight excluding hydrogens is 330 g/mol. The van der Waals surface area contributed by atoms with Crippen molar-refractivity contribution in [1.29, 1.82) is 0 Å². The van der Waals surface area contributed by atoms with Crippen LogP contribution in [0, 0.1) is 35.1 Å². The van der Waals surface area contributed by atoms with Crippen molar-refractivity contribution in [2.75, 3.05) is 6.61 Å². The molecule has 0 amide bonds. The van der Waals surface area contributed by atoms with Crippen LogP contribution in [0.2, 0.25) is 0 Å². The summed E-state index contributed by atoms with van der Waals surface area (Å²) in [7, 11) is 0. The molecule has 11 heavy (non-hydrogen) atoms. The fourth-order valence-electron chi connectivity index (χ4n) is 0. The van der Waals surface area contributed by atoms with Gasteiger partial charge in [0.15, 0.2) is 0 Å². The van der Waals surface area contributed by atoms with E-state index >= 15 is 0 Å². The third-order valence-electron chi connectivity index (χ3n) is 0. The molecule has 0 saturated carbocycles. The van der Waals surface area contributed by atoms with E-state index in [0.717, 1.165) is 0 Å². The van der Waals surface area contributed by atoms with Gasteiger partial charge in [-0.2, -0.15) is 0 Å². The summed E-state index contributed by atoms with van der Waals surface area (Å²) in [6.45, 7) is 1.93. The predicted octanol–water partition coefficient (Wildman–Crippen LogP) is -4.26. The zero-order valence-electron chi connectivity index (χ0n) is 5.87. The molecule has 0 fully saturated rings. The summed E-state index contributed by atoms with van der Waals surface area (Å²) < 4.78 is 0. The van der Waals surface area contributed by atoms with Crippen LogP contribution in [-0.4, -0.2) is 44.6 Å². The summed E-state index contributed by atoms with van der Waals surface area (Å²) in [6, 6.07) is 0. The van der Waals surface area contributed by atoms with E-state index in [1.54, 1.807) is 6.92 Å². The molecule has 7 nitrogen and oxygen atoms in total. The number of halogens is 1. The number of hydrogen-bond acceptors (Lipinski definition) is 1. The molecule has 0 unspecified atom stereocenters. The summed E-state index contributed by atoms with van der Waals surface area (Å²) in [4.78, 5) is 0.